The first-order chi connectivity index (χ1) is 9.13. The van der Waals surface area contributed by atoms with Gasteiger partial charge in [0.1, 0.15) is 17.1 Å². The smallest absolute Gasteiger partial charge is 0.260 e. The normalized spacial score (nSPS) is 18.5. The molecule has 0 bridgehead atoms. The van der Waals surface area contributed by atoms with E-state index in [0.29, 0.717) is 13.1 Å². The molecule has 0 aliphatic carbocycles. The van der Waals surface area contributed by atoms with Crippen LogP contribution in [-0.2, 0) is 0 Å². The fraction of sp³-hybridized carbons (Fsp3) is 0.500. The summed E-state index contributed by atoms with van der Waals surface area (Å²) in [7, 11) is 0. The molecule has 1 aliphatic rings. The summed E-state index contributed by atoms with van der Waals surface area (Å²) in [5.41, 5.74) is -0.234. The van der Waals surface area contributed by atoms with E-state index < -0.39 is 11.7 Å². The molecule has 5 heteroatoms. The van der Waals surface area contributed by atoms with Crippen molar-refractivity contribution in [3.63, 3.8) is 0 Å². The minimum Gasteiger partial charge on any atom is -0.507 e. The number of likely N-dealkylation sites (N-methyl/N-ethyl adjacent to an activating group) is 1. The monoisotopic (exact) mass is 266 g/mol. The Balaban J connectivity index is 2.15. The molecule has 2 N–H and O–H groups in total. The first-order valence-corrected chi connectivity index (χ1v) is 6.63. The minimum absolute atomic E-state index is 0.234. The van der Waals surface area contributed by atoms with Gasteiger partial charge in [-0.15, -0.1) is 0 Å². The highest BCUT2D eigenvalue weighted by Gasteiger charge is 2.25. The summed E-state index contributed by atoms with van der Waals surface area (Å²) in [6.45, 7) is 3.85. The van der Waals surface area contributed by atoms with Crippen molar-refractivity contribution in [1.29, 1.82) is 0 Å². The first kappa shape index (κ1) is 13.8. The van der Waals surface area contributed by atoms with Crippen molar-refractivity contribution >= 4 is 5.91 Å². The summed E-state index contributed by atoms with van der Waals surface area (Å²) >= 11 is 0. The second-order valence-corrected chi connectivity index (χ2v) is 4.77. The Morgan fingerprint density at radius 1 is 1.58 bits per heavy atom. The highest BCUT2D eigenvalue weighted by Crippen LogP contribution is 2.22. The molecule has 1 unspecified atom stereocenters. The zero-order valence-corrected chi connectivity index (χ0v) is 11.0. The van der Waals surface area contributed by atoms with Crippen LogP contribution in [0.2, 0.25) is 0 Å². The highest BCUT2D eigenvalue weighted by atomic mass is 19.1. The average Bonchev–Trinajstić information content (AvgIpc) is 2.88. The molecular formula is C14H19FN2O2. The molecule has 0 spiro atoms. The van der Waals surface area contributed by atoms with E-state index in [2.05, 4.69) is 5.32 Å². The minimum atomic E-state index is -0.678. The van der Waals surface area contributed by atoms with Crippen LogP contribution < -0.4 is 5.32 Å². The third-order valence-corrected chi connectivity index (χ3v) is 3.48. The Labute approximate surface area is 112 Å². The number of hydrogen-bond acceptors (Lipinski definition) is 3. The summed E-state index contributed by atoms with van der Waals surface area (Å²) < 4.78 is 13.7. The van der Waals surface area contributed by atoms with Crippen molar-refractivity contribution in [1.82, 2.24) is 10.2 Å². The van der Waals surface area contributed by atoms with Gasteiger partial charge in [0.15, 0.2) is 0 Å². The topological polar surface area (TPSA) is 52.6 Å². The third kappa shape index (κ3) is 3.04. The summed E-state index contributed by atoms with van der Waals surface area (Å²) in [6, 6.07) is 4.17. The Hall–Kier alpha value is -1.62. The van der Waals surface area contributed by atoms with Gasteiger partial charge in [0.05, 0.1) is 0 Å². The number of phenols is 1. The van der Waals surface area contributed by atoms with Crippen LogP contribution in [-0.4, -0.2) is 41.6 Å². The van der Waals surface area contributed by atoms with Crippen molar-refractivity contribution in [2.24, 2.45) is 0 Å². The molecule has 1 aromatic carbocycles. The summed E-state index contributed by atoms with van der Waals surface area (Å²) in [5, 5.41) is 13.0. The molecule has 1 aromatic rings. The first-order valence-electron chi connectivity index (χ1n) is 6.63. The number of carbonyl (C=O) groups excluding carboxylic acids is 1. The molecule has 4 nitrogen and oxygen atoms in total. The molecule has 1 aliphatic heterocycles. The lowest BCUT2D eigenvalue weighted by atomic mass is 10.1. The van der Waals surface area contributed by atoms with E-state index in [9.17, 15) is 14.3 Å². The van der Waals surface area contributed by atoms with Gasteiger partial charge in [-0.2, -0.15) is 0 Å². The standard InChI is InChI=1S/C14H19FN2O2/c1-2-17(9-10-5-4-8-16-10)14(19)13-11(15)6-3-7-12(13)18/h3,6-7,10,16,18H,2,4-5,8-9H2,1H3. The van der Waals surface area contributed by atoms with Crippen LogP contribution >= 0.6 is 0 Å². The lowest BCUT2D eigenvalue weighted by Gasteiger charge is -2.25. The van der Waals surface area contributed by atoms with Crippen LogP contribution in [0.5, 0.6) is 5.75 Å². The fourth-order valence-corrected chi connectivity index (χ4v) is 2.42. The Kier molecular flexibility index (Phi) is 4.37. The Morgan fingerprint density at radius 2 is 2.37 bits per heavy atom. The molecule has 19 heavy (non-hydrogen) atoms. The summed E-state index contributed by atoms with van der Waals surface area (Å²) in [4.78, 5) is 13.9. The number of carbonyl (C=O) groups is 1. The number of nitrogens with zero attached hydrogens (tertiary/aromatic N) is 1. The fourth-order valence-electron chi connectivity index (χ4n) is 2.42. The average molecular weight is 266 g/mol. The van der Waals surface area contributed by atoms with E-state index in [-0.39, 0.29) is 17.4 Å². The number of amides is 1. The van der Waals surface area contributed by atoms with E-state index in [0.717, 1.165) is 19.4 Å². The van der Waals surface area contributed by atoms with Gasteiger partial charge in [0.2, 0.25) is 0 Å². The van der Waals surface area contributed by atoms with Gasteiger partial charge in [-0.25, -0.2) is 4.39 Å². The Bertz CT molecular complexity index is 439. The maximum Gasteiger partial charge on any atom is 0.260 e. The van der Waals surface area contributed by atoms with Crippen LogP contribution in [0.25, 0.3) is 0 Å². The molecule has 1 amide bonds. The quantitative estimate of drug-likeness (QED) is 0.873. The zero-order chi connectivity index (χ0) is 13.8. The lowest BCUT2D eigenvalue weighted by Crippen LogP contribution is -2.41. The number of halogens is 1. The van der Waals surface area contributed by atoms with E-state index in [1.807, 2.05) is 6.92 Å². The van der Waals surface area contributed by atoms with Crippen molar-refractivity contribution in [3.8, 4) is 5.75 Å². The number of phenolic OH excluding ortho intramolecular Hbond substituents is 1. The van der Waals surface area contributed by atoms with Crippen LogP contribution in [0.4, 0.5) is 4.39 Å². The van der Waals surface area contributed by atoms with E-state index in [1.165, 1.54) is 18.2 Å². The number of rotatable bonds is 4. The summed E-state index contributed by atoms with van der Waals surface area (Å²) in [5.74, 6) is -1.43. The van der Waals surface area contributed by atoms with E-state index in [1.54, 1.807) is 4.90 Å². The molecular weight excluding hydrogens is 247 g/mol. The van der Waals surface area contributed by atoms with Crippen molar-refractivity contribution in [3.05, 3.63) is 29.6 Å². The molecule has 1 heterocycles. The second-order valence-electron chi connectivity index (χ2n) is 4.77. The zero-order valence-electron chi connectivity index (χ0n) is 11.0. The van der Waals surface area contributed by atoms with Gasteiger partial charge < -0.3 is 15.3 Å². The highest BCUT2D eigenvalue weighted by molar-refractivity contribution is 5.97. The van der Waals surface area contributed by atoms with Gasteiger partial charge in [0, 0.05) is 19.1 Å². The van der Waals surface area contributed by atoms with Gasteiger partial charge >= 0.3 is 0 Å². The molecule has 0 radical (unpaired) electrons. The molecule has 1 atom stereocenters. The molecule has 104 valence electrons. The van der Waals surface area contributed by atoms with Gasteiger partial charge in [-0.3, -0.25) is 4.79 Å². The van der Waals surface area contributed by atoms with Crippen molar-refractivity contribution < 1.29 is 14.3 Å². The largest absolute Gasteiger partial charge is 0.507 e. The van der Waals surface area contributed by atoms with Crippen LogP contribution in [0.3, 0.4) is 0 Å². The molecule has 1 saturated heterocycles. The van der Waals surface area contributed by atoms with E-state index >= 15 is 0 Å². The summed E-state index contributed by atoms with van der Waals surface area (Å²) in [6.07, 6.45) is 2.12. The maximum atomic E-state index is 13.7. The van der Waals surface area contributed by atoms with Crippen LogP contribution in [0, 0.1) is 5.82 Å². The third-order valence-electron chi connectivity index (χ3n) is 3.48. The van der Waals surface area contributed by atoms with Gasteiger partial charge in [0.25, 0.3) is 5.91 Å². The van der Waals surface area contributed by atoms with Crippen LogP contribution in [0.1, 0.15) is 30.1 Å². The number of benzene rings is 1. The second kappa shape index (κ2) is 6.02. The number of hydrogen-bond donors (Lipinski definition) is 2. The van der Waals surface area contributed by atoms with Crippen molar-refractivity contribution in [2.45, 2.75) is 25.8 Å². The van der Waals surface area contributed by atoms with E-state index in [4.69, 9.17) is 0 Å². The van der Waals surface area contributed by atoms with Crippen molar-refractivity contribution in [2.75, 3.05) is 19.6 Å². The predicted octanol–water partition coefficient (Wildman–Crippen LogP) is 1.75. The van der Waals surface area contributed by atoms with Gasteiger partial charge in [-0.1, -0.05) is 6.07 Å². The molecule has 0 aromatic heterocycles. The number of aromatic hydroxyl groups is 1. The molecule has 1 fully saturated rings. The molecule has 2 rings (SSSR count). The predicted molar refractivity (Wildman–Crippen MR) is 70.7 cm³/mol. The lowest BCUT2D eigenvalue weighted by molar-refractivity contribution is 0.0743. The molecule has 0 saturated carbocycles. The Morgan fingerprint density at radius 3 is 2.95 bits per heavy atom. The number of nitrogens with one attached hydrogen (secondary N) is 1. The maximum absolute atomic E-state index is 13.7. The van der Waals surface area contributed by atoms with Gasteiger partial charge in [-0.05, 0) is 38.4 Å². The van der Waals surface area contributed by atoms with Crippen LogP contribution in [0.15, 0.2) is 18.2 Å². The SMILES string of the molecule is CCN(CC1CCCN1)C(=O)c1c(O)cccc1F.